The first-order chi connectivity index (χ1) is 29.5. The Hall–Kier alpha value is -1.94. The van der Waals surface area contributed by atoms with E-state index < -0.39 is 0 Å². The summed E-state index contributed by atoms with van der Waals surface area (Å²) in [7, 11) is 0. The second kappa shape index (κ2) is 49.7. The van der Waals surface area contributed by atoms with Gasteiger partial charge in [0.25, 0.3) is 0 Å². The molecule has 0 aromatic rings. The van der Waals surface area contributed by atoms with Crippen molar-refractivity contribution in [3.05, 3.63) is 24.3 Å². The molecule has 0 spiro atoms. The van der Waals surface area contributed by atoms with Gasteiger partial charge in [-0.25, -0.2) is 0 Å². The molecule has 0 saturated carbocycles. The Morgan fingerprint density at radius 1 is 0.383 bits per heavy atom. The maximum atomic E-state index is 6.04. The van der Waals surface area contributed by atoms with E-state index in [9.17, 15) is 0 Å². The Morgan fingerprint density at radius 2 is 0.700 bits per heavy atom. The van der Waals surface area contributed by atoms with Gasteiger partial charge in [0.15, 0.2) is 5.96 Å². The van der Waals surface area contributed by atoms with E-state index in [0.29, 0.717) is 25.6 Å². The van der Waals surface area contributed by atoms with E-state index in [2.05, 4.69) is 57.9 Å². The minimum Gasteiger partial charge on any atom is -0.388 e. The van der Waals surface area contributed by atoms with Crippen LogP contribution in [0.3, 0.4) is 0 Å². The van der Waals surface area contributed by atoms with E-state index in [4.69, 9.17) is 26.7 Å². The van der Waals surface area contributed by atoms with Crippen LogP contribution >= 0.6 is 0 Å². The second-order valence-electron chi connectivity index (χ2n) is 17.3. The molecule has 0 rings (SSSR count). The van der Waals surface area contributed by atoms with Crippen molar-refractivity contribution in [2.75, 3.05) is 78.8 Å². The van der Waals surface area contributed by atoms with Crippen molar-refractivity contribution in [3.63, 3.8) is 0 Å². The van der Waals surface area contributed by atoms with Gasteiger partial charge >= 0.3 is 0 Å². The summed E-state index contributed by atoms with van der Waals surface area (Å²) in [6, 6.07) is 0. The van der Waals surface area contributed by atoms with Gasteiger partial charge in [-0.05, 0) is 110 Å². The van der Waals surface area contributed by atoms with E-state index in [1.54, 1.807) is 0 Å². The fraction of sp³-hybridized carbons (Fsp3) is 0.882. The number of amidine groups is 1. The zero-order chi connectivity index (χ0) is 43.7. The molecular weight excluding hydrogens is 743 g/mol. The van der Waals surface area contributed by atoms with Crippen LogP contribution in [0, 0.1) is 0 Å². The van der Waals surface area contributed by atoms with Crippen molar-refractivity contribution < 1.29 is 9.47 Å². The molecule has 0 fully saturated rings. The van der Waals surface area contributed by atoms with Crippen molar-refractivity contribution in [1.82, 2.24) is 9.80 Å². The van der Waals surface area contributed by atoms with Crippen LogP contribution in [0.5, 0.6) is 0 Å². The minimum atomic E-state index is 0.176. The van der Waals surface area contributed by atoms with Gasteiger partial charge in [-0.2, -0.15) is 0 Å². The number of nitrogens with zero attached hydrogens (tertiary/aromatic N) is 4. The number of rotatable bonds is 49. The molecule has 0 aromatic heterocycles. The Balaban J connectivity index is 4.18. The van der Waals surface area contributed by atoms with E-state index in [1.165, 1.54) is 180 Å². The highest BCUT2D eigenvalue weighted by molar-refractivity contribution is 5.77. The van der Waals surface area contributed by atoms with Crippen LogP contribution in [0.4, 0.5) is 0 Å². The first-order valence-electron chi connectivity index (χ1n) is 25.7. The zero-order valence-corrected chi connectivity index (χ0v) is 40.3. The first-order valence-corrected chi connectivity index (χ1v) is 25.7. The summed E-state index contributed by atoms with van der Waals surface area (Å²) in [5.74, 6) is 0.848. The third-order valence-electron chi connectivity index (χ3n) is 11.4. The van der Waals surface area contributed by atoms with Crippen LogP contribution in [0.25, 0.3) is 0 Å². The summed E-state index contributed by atoms with van der Waals surface area (Å²) in [5.41, 5.74) is 16.9. The highest BCUT2D eigenvalue weighted by atomic mass is 16.5. The van der Waals surface area contributed by atoms with Crippen LogP contribution in [0.15, 0.2) is 34.3 Å². The van der Waals surface area contributed by atoms with Crippen molar-refractivity contribution in [2.45, 2.75) is 213 Å². The third-order valence-corrected chi connectivity index (χ3v) is 11.4. The molecule has 0 aliphatic carbocycles. The third kappa shape index (κ3) is 48.7. The van der Waals surface area contributed by atoms with Gasteiger partial charge in [-0.1, -0.05) is 154 Å². The first kappa shape index (κ1) is 58.1. The molecule has 0 atom stereocenters. The number of aliphatic imine (C=N–C) groups is 2. The maximum Gasteiger partial charge on any atom is 0.185 e. The van der Waals surface area contributed by atoms with E-state index in [0.717, 1.165) is 71.9 Å². The lowest BCUT2D eigenvalue weighted by Gasteiger charge is -2.22. The molecule has 0 saturated heterocycles. The van der Waals surface area contributed by atoms with Gasteiger partial charge in [0.05, 0.1) is 32.3 Å². The van der Waals surface area contributed by atoms with E-state index in [-0.39, 0.29) is 5.96 Å². The largest absolute Gasteiger partial charge is 0.388 e. The Labute approximate surface area is 373 Å². The standard InChI is InChI=1S/C51H103N7O2/c1-4-6-8-10-12-14-16-18-20-22-24-26-28-30-32-34-40-57(42-36-38-55-50(3)52)44-46-59-48-49-60-47-45-58(43-37-39-56-51(53)54)41-35-33-31-29-27-25-23-21-19-17-15-13-11-9-7-5-2/h18-21H,4-17,22-49H2,1-3H3,(H2,52,55)(H4,53,54,56)/b20-18+,21-19-. The van der Waals surface area contributed by atoms with Crippen LogP contribution in [-0.4, -0.2) is 100 Å². The maximum absolute atomic E-state index is 6.04. The molecular formula is C51H103N7O2. The number of hydrogen-bond donors (Lipinski definition) is 3. The highest BCUT2D eigenvalue weighted by Gasteiger charge is 2.07. The van der Waals surface area contributed by atoms with Crippen LogP contribution in [0.2, 0.25) is 0 Å². The number of guanidine groups is 1. The number of nitrogens with two attached hydrogens (primary N) is 3. The number of unbranched alkanes of at least 4 members (excludes halogenated alkanes) is 24. The van der Waals surface area contributed by atoms with Gasteiger partial charge in [-0.3, -0.25) is 9.98 Å². The molecule has 0 radical (unpaired) electrons. The van der Waals surface area contributed by atoms with E-state index >= 15 is 0 Å². The SMILES string of the molecule is CCCCCCCC/C=C\CCCCCCCCN(CCCN=C(N)N)CCOCCOCCN(CCCCCCCC/C=C/CCCCCCCC)CCCN=C(C)N. The lowest BCUT2D eigenvalue weighted by Crippen LogP contribution is -2.31. The summed E-state index contributed by atoms with van der Waals surface area (Å²) in [6.45, 7) is 16.8. The van der Waals surface area contributed by atoms with Crippen molar-refractivity contribution in [1.29, 1.82) is 0 Å². The summed E-state index contributed by atoms with van der Waals surface area (Å²) in [5, 5.41) is 0. The average Bonchev–Trinajstić information content (AvgIpc) is 3.23. The molecule has 9 heteroatoms. The molecule has 0 bridgehead atoms. The molecule has 0 aliphatic rings. The summed E-state index contributed by atoms with van der Waals surface area (Å²) >= 11 is 0. The van der Waals surface area contributed by atoms with Gasteiger partial charge in [0.1, 0.15) is 0 Å². The van der Waals surface area contributed by atoms with Crippen molar-refractivity contribution >= 4 is 11.8 Å². The lowest BCUT2D eigenvalue weighted by molar-refractivity contribution is 0.0307. The molecule has 0 amide bonds. The number of hydrogen-bond acceptors (Lipinski definition) is 6. The lowest BCUT2D eigenvalue weighted by atomic mass is 10.1. The summed E-state index contributed by atoms with van der Waals surface area (Å²) in [4.78, 5) is 13.6. The molecule has 0 aromatic carbocycles. The van der Waals surface area contributed by atoms with Gasteiger partial charge in [0.2, 0.25) is 0 Å². The normalized spacial score (nSPS) is 12.3. The predicted molar refractivity (Wildman–Crippen MR) is 265 cm³/mol. The number of ether oxygens (including phenoxy) is 2. The average molecular weight is 846 g/mol. The zero-order valence-electron chi connectivity index (χ0n) is 40.3. The van der Waals surface area contributed by atoms with Gasteiger partial charge in [0, 0.05) is 26.2 Å². The van der Waals surface area contributed by atoms with E-state index in [1.807, 2.05) is 6.92 Å². The van der Waals surface area contributed by atoms with Crippen molar-refractivity contribution in [3.8, 4) is 0 Å². The molecule has 354 valence electrons. The van der Waals surface area contributed by atoms with Crippen LogP contribution in [0.1, 0.15) is 213 Å². The fourth-order valence-corrected chi connectivity index (χ4v) is 7.60. The fourth-order valence-electron chi connectivity index (χ4n) is 7.60. The second-order valence-corrected chi connectivity index (χ2v) is 17.3. The Kier molecular flexibility index (Phi) is 48.1. The predicted octanol–water partition coefficient (Wildman–Crippen LogP) is 12.1. The number of allylic oxidation sites excluding steroid dienone is 4. The minimum absolute atomic E-state index is 0.176. The molecule has 60 heavy (non-hydrogen) atoms. The van der Waals surface area contributed by atoms with Gasteiger partial charge in [-0.15, -0.1) is 0 Å². The molecule has 9 nitrogen and oxygen atoms in total. The Morgan fingerprint density at radius 3 is 1.05 bits per heavy atom. The molecule has 0 heterocycles. The highest BCUT2D eigenvalue weighted by Crippen LogP contribution is 2.12. The van der Waals surface area contributed by atoms with Crippen LogP contribution in [-0.2, 0) is 9.47 Å². The van der Waals surface area contributed by atoms with Gasteiger partial charge < -0.3 is 36.5 Å². The smallest absolute Gasteiger partial charge is 0.185 e. The topological polar surface area (TPSA) is 128 Å². The quantitative estimate of drug-likeness (QED) is 0.0241. The molecule has 0 aliphatic heterocycles. The Bertz CT molecular complexity index is 889. The molecule has 0 unspecified atom stereocenters. The summed E-state index contributed by atoms with van der Waals surface area (Å²) < 4.78 is 12.1. The molecule has 6 N–H and O–H groups in total. The van der Waals surface area contributed by atoms with Crippen LogP contribution < -0.4 is 17.2 Å². The summed E-state index contributed by atoms with van der Waals surface area (Å²) in [6.07, 6.45) is 49.1. The monoisotopic (exact) mass is 846 g/mol. The van der Waals surface area contributed by atoms with Crippen molar-refractivity contribution in [2.24, 2.45) is 27.2 Å².